The zero-order valence-electron chi connectivity index (χ0n) is 21.2. The van der Waals surface area contributed by atoms with Crippen LogP contribution in [0, 0.1) is 5.92 Å². The Morgan fingerprint density at radius 2 is 1.78 bits per heavy atom. The number of hydrogen-bond donors (Lipinski definition) is 2. The van der Waals surface area contributed by atoms with Crippen LogP contribution in [-0.2, 0) is 10.3 Å². The standard InChI is InChI=1S/C27H36N6O3/c1-31(2)27(21-9-4-3-5-10-21)13-11-26(12-14-27)19-32(25(36)33(26)17-20-7-6-8-20)18-23(35)30-24-28-15-22(34)16-29-24/h3-5,9-10,15-16,20,34H,6-8,11-14,17-19H2,1-2H3,(H,28,29,30,35)/t26-,27-. The highest BCUT2D eigenvalue weighted by atomic mass is 16.3. The van der Waals surface area contributed by atoms with E-state index in [2.05, 4.69) is 69.5 Å². The van der Waals surface area contributed by atoms with Crippen molar-refractivity contribution in [2.24, 2.45) is 5.92 Å². The number of aromatic nitrogens is 2. The molecule has 36 heavy (non-hydrogen) atoms. The van der Waals surface area contributed by atoms with Gasteiger partial charge >= 0.3 is 6.03 Å². The Balaban J connectivity index is 1.33. The van der Waals surface area contributed by atoms with Gasteiger partial charge in [0.05, 0.1) is 17.9 Å². The maximum absolute atomic E-state index is 13.6. The average molecular weight is 493 g/mol. The zero-order chi connectivity index (χ0) is 25.3. The lowest BCUT2D eigenvalue weighted by molar-refractivity contribution is -0.116. The highest BCUT2D eigenvalue weighted by Crippen LogP contribution is 2.49. The van der Waals surface area contributed by atoms with Gasteiger partial charge < -0.3 is 14.9 Å². The van der Waals surface area contributed by atoms with Crippen LogP contribution < -0.4 is 5.32 Å². The molecule has 2 saturated carbocycles. The second kappa shape index (κ2) is 9.69. The van der Waals surface area contributed by atoms with Crippen molar-refractivity contribution in [1.82, 2.24) is 24.7 Å². The van der Waals surface area contributed by atoms with Gasteiger partial charge in [-0.05, 0) is 64.1 Å². The number of nitrogens with zero attached hydrogens (tertiary/aromatic N) is 5. The Morgan fingerprint density at radius 3 is 2.36 bits per heavy atom. The van der Waals surface area contributed by atoms with E-state index in [-0.39, 0.29) is 41.3 Å². The molecule has 3 amide bonds. The monoisotopic (exact) mass is 492 g/mol. The molecule has 2 aliphatic carbocycles. The molecule has 2 N–H and O–H groups in total. The van der Waals surface area contributed by atoms with Crippen LogP contribution in [0.1, 0.15) is 50.5 Å². The molecule has 1 saturated heterocycles. The van der Waals surface area contributed by atoms with Gasteiger partial charge in [0.25, 0.3) is 0 Å². The third kappa shape index (κ3) is 4.52. The summed E-state index contributed by atoms with van der Waals surface area (Å²) >= 11 is 0. The van der Waals surface area contributed by atoms with Crippen molar-refractivity contribution in [3.05, 3.63) is 48.3 Å². The first kappa shape index (κ1) is 24.5. The van der Waals surface area contributed by atoms with Gasteiger partial charge in [-0.2, -0.15) is 0 Å². The second-order valence-corrected chi connectivity index (χ2v) is 10.9. The summed E-state index contributed by atoms with van der Waals surface area (Å²) in [6.45, 7) is 1.29. The number of aromatic hydroxyl groups is 1. The molecule has 5 rings (SSSR count). The van der Waals surface area contributed by atoms with Crippen LogP contribution in [0.15, 0.2) is 42.7 Å². The lowest BCUT2D eigenvalue weighted by atomic mass is 9.68. The quantitative estimate of drug-likeness (QED) is 0.614. The van der Waals surface area contributed by atoms with Crippen molar-refractivity contribution in [1.29, 1.82) is 0 Å². The minimum Gasteiger partial charge on any atom is -0.505 e. The van der Waals surface area contributed by atoms with E-state index >= 15 is 0 Å². The predicted molar refractivity (Wildman–Crippen MR) is 136 cm³/mol. The van der Waals surface area contributed by atoms with Crippen molar-refractivity contribution in [3.8, 4) is 5.75 Å². The molecule has 9 nitrogen and oxygen atoms in total. The van der Waals surface area contributed by atoms with Crippen molar-refractivity contribution in [2.45, 2.75) is 56.0 Å². The summed E-state index contributed by atoms with van der Waals surface area (Å²) in [7, 11) is 4.30. The van der Waals surface area contributed by atoms with Crippen LogP contribution >= 0.6 is 0 Å². The molecule has 0 unspecified atom stereocenters. The van der Waals surface area contributed by atoms with Crippen molar-refractivity contribution >= 4 is 17.9 Å². The van der Waals surface area contributed by atoms with Gasteiger partial charge in [0.15, 0.2) is 5.75 Å². The Kier molecular flexibility index (Phi) is 6.59. The molecule has 1 aromatic heterocycles. The first-order valence-corrected chi connectivity index (χ1v) is 12.9. The van der Waals surface area contributed by atoms with E-state index in [1.54, 1.807) is 4.90 Å². The van der Waals surface area contributed by atoms with Crippen LogP contribution in [-0.4, -0.2) is 81.0 Å². The fraction of sp³-hybridized carbons (Fsp3) is 0.556. The molecule has 192 valence electrons. The minimum atomic E-state index is -0.336. The van der Waals surface area contributed by atoms with Crippen LogP contribution in [0.25, 0.3) is 0 Å². The number of hydrogen-bond acceptors (Lipinski definition) is 6. The van der Waals surface area contributed by atoms with E-state index in [4.69, 9.17) is 0 Å². The SMILES string of the molecule is CN(C)[C@]1(c2ccccc2)CC[C@@]2(CC1)CN(CC(=O)Nc1ncc(O)cn1)C(=O)N2CC1CCC1. The maximum atomic E-state index is 13.6. The van der Waals surface area contributed by atoms with Crippen molar-refractivity contribution in [2.75, 3.05) is 39.0 Å². The number of carbonyl (C=O) groups is 2. The summed E-state index contributed by atoms with van der Waals surface area (Å²) in [4.78, 5) is 40.4. The van der Waals surface area contributed by atoms with E-state index in [1.807, 2.05) is 0 Å². The molecule has 0 bridgehead atoms. The van der Waals surface area contributed by atoms with Gasteiger partial charge in [0.1, 0.15) is 6.54 Å². The Hall–Kier alpha value is -3.20. The number of nitrogens with one attached hydrogen (secondary N) is 1. The van der Waals surface area contributed by atoms with Gasteiger partial charge in [-0.15, -0.1) is 0 Å². The van der Waals surface area contributed by atoms with Crippen LogP contribution in [0.5, 0.6) is 5.75 Å². The van der Waals surface area contributed by atoms with Crippen LogP contribution in [0.4, 0.5) is 10.7 Å². The summed E-state index contributed by atoms with van der Waals surface area (Å²) in [6, 6.07) is 10.6. The first-order chi connectivity index (χ1) is 17.3. The predicted octanol–water partition coefficient (Wildman–Crippen LogP) is 3.43. The van der Waals surface area contributed by atoms with E-state index in [0.29, 0.717) is 12.5 Å². The molecule has 0 atom stereocenters. The molecule has 2 aromatic rings. The molecule has 1 aliphatic heterocycles. The molecule has 3 aliphatic rings. The second-order valence-electron chi connectivity index (χ2n) is 10.9. The molecular weight excluding hydrogens is 456 g/mol. The van der Waals surface area contributed by atoms with Gasteiger partial charge in [0, 0.05) is 18.6 Å². The van der Waals surface area contributed by atoms with Gasteiger partial charge in [-0.3, -0.25) is 15.0 Å². The van der Waals surface area contributed by atoms with Gasteiger partial charge in [0.2, 0.25) is 11.9 Å². The third-order valence-corrected chi connectivity index (χ3v) is 8.62. The van der Waals surface area contributed by atoms with Gasteiger partial charge in [-0.1, -0.05) is 36.8 Å². The van der Waals surface area contributed by atoms with Crippen molar-refractivity contribution < 1.29 is 14.7 Å². The maximum Gasteiger partial charge on any atom is 0.321 e. The lowest BCUT2D eigenvalue weighted by Gasteiger charge is -2.51. The smallest absolute Gasteiger partial charge is 0.321 e. The highest BCUT2D eigenvalue weighted by Gasteiger charge is 2.55. The molecule has 2 heterocycles. The lowest BCUT2D eigenvalue weighted by Crippen LogP contribution is -2.56. The molecule has 1 aromatic carbocycles. The highest BCUT2D eigenvalue weighted by molar-refractivity contribution is 5.93. The molecule has 9 heteroatoms. The summed E-state index contributed by atoms with van der Waals surface area (Å²) in [5.74, 6) is 0.261. The third-order valence-electron chi connectivity index (χ3n) is 8.62. The summed E-state index contributed by atoms with van der Waals surface area (Å²) in [6.07, 6.45) is 9.75. The van der Waals surface area contributed by atoms with E-state index < -0.39 is 0 Å². The fourth-order valence-corrected chi connectivity index (χ4v) is 6.23. The average Bonchev–Trinajstić information content (AvgIpc) is 3.08. The number of urea groups is 1. The zero-order valence-corrected chi connectivity index (χ0v) is 21.2. The Labute approximate surface area is 212 Å². The largest absolute Gasteiger partial charge is 0.505 e. The molecule has 0 radical (unpaired) electrons. The minimum absolute atomic E-state index is 0.0382. The number of anilines is 1. The number of amides is 3. The molecule has 3 fully saturated rings. The van der Waals surface area contributed by atoms with E-state index in [1.165, 1.54) is 37.2 Å². The Bertz CT molecular complexity index is 1080. The normalized spacial score (nSPS) is 26.5. The fourth-order valence-electron chi connectivity index (χ4n) is 6.23. The summed E-state index contributed by atoms with van der Waals surface area (Å²) < 4.78 is 0. The number of benzene rings is 1. The summed E-state index contributed by atoms with van der Waals surface area (Å²) in [5.41, 5.74) is 1.01. The summed E-state index contributed by atoms with van der Waals surface area (Å²) in [5, 5.41) is 12.0. The van der Waals surface area contributed by atoms with Crippen LogP contribution in [0.2, 0.25) is 0 Å². The molecule has 1 spiro atoms. The van der Waals surface area contributed by atoms with Gasteiger partial charge in [-0.25, -0.2) is 14.8 Å². The molecular formula is C27H36N6O3. The topological polar surface area (TPSA) is 102 Å². The van der Waals surface area contributed by atoms with Crippen LogP contribution in [0.3, 0.4) is 0 Å². The van der Waals surface area contributed by atoms with E-state index in [9.17, 15) is 14.7 Å². The number of rotatable bonds is 7. The van der Waals surface area contributed by atoms with E-state index in [0.717, 1.165) is 32.2 Å². The Morgan fingerprint density at radius 1 is 1.11 bits per heavy atom. The first-order valence-electron chi connectivity index (χ1n) is 12.9. The van der Waals surface area contributed by atoms with Crippen molar-refractivity contribution in [3.63, 3.8) is 0 Å². The number of carbonyl (C=O) groups excluding carboxylic acids is 2.